The van der Waals surface area contributed by atoms with Crippen molar-refractivity contribution in [2.45, 2.75) is 6.18 Å². The van der Waals surface area contributed by atoms with Crippen LogP contribution in [-0.4, -0.2) is 43.9 Å². The summed E-state index contributed by atoms with van der Waals surface area (Å²) in [6.07, 6.45) is -1.46. The molecule has 2 aromatic rings. The third-order valence-electron chi connectivity index (χ3n) is 3.56. The van der Waals surface area contributed by atoms with Gasteiger partial charge < -0.3 is 9.80 Å². The summed E-state index contributed by atoms with van der Waals surface area (Å²) in [6.45, 7) is 0. The van der Waals surface area contributed by atoms with E-state index in [9.17, 15) is 18.0 Å². The summed E-state index contributed by atoms with van der Waals surface area (Å²) in [7, 11) is 6.82. The maximum atomic E-state index is 13.2. The van der Waals surface area contributed by atoms with Crippen molar-refractivity contribution in [3.8, 4) is 11.3 Å². The van der Waals surface area contributed by atoms with E-state index in [-0.39, 0.29) is 17.3 Å². The summed E-state index contributed by atoms with van der Waals surface area (Å²) in [4.78, 5) is 19.7. The molecule has 0 saturated heterocycles. The average molecular weight is 363 g/mol. The normalized spacial score (nSPS) is 11.7. The molecule has 0 atom stereocenters. The monoisotopic (exact) mass is 363 g/mol. The number of anilines is 1. The van der Waals surface area contributed by atoms with Crippen LogP contribution in [0.2, 0.25) is 0 Å². The molecule has 0 aliphatic carbocycles. The fourth-order valence-corrected chi connectivity index (χ4v) is 2.20. The van der Waals surface area contributed by atoms with Crippen LogP contribution in [0.1, 0.15) is 15.9 Å². The summed E-state index contributed by atoms with van der Waals surface area (Å²) in [5.74, 6) is -0.0422. The second kappa shape index (κ2) is 7.59. The topological polar surface area (TPSA) is 36.4 Å². The summed E-state index contributed by atoms with van der Waals surface area (Å²) in [6, 6.07) is 8.42. The zero-order chi connectivity index (χ0) is 19.5. The van der Waals surface area contributed by atoms with E-state index in [1.165, 1.54) is 11.0 Å². The molecule has 138 valence electrons. The van der Waals surface area contributed by atoms with Crippen LogP contribution in [0.15, 0.2) is 48.7 Å². The molecule has 7 heteroatoms. The lowest BCUT2D eigenvalue weighted by Gasteiger charge is -2.16. The fraction of sp³-hybridized carbons (Fsp3) is 0.263. The molecule has 0 bridgehead atoms. The van der Waals surface area contributed by atoms with Crippen molar-refractivity contribution in [3.05, 3.63) is 59.8 Å². The highest BCUT2D eigenvalue weighted by molar-refractivity contribution is 6.05. The third kappa shape index (κ3) is 4.84. The predicted molar refractivity (Wildman–Crippen MR) is 96.2 cm³/mol. The van der Waals surface area contributed by atoms with Gasteiger partial charge in [0.25, 0.3) is 0 Å². The second-order valence-corrected chi connectivity index (χ2v) is 6.22. The Morgan fingerprint density at radius 1 is 1.08 bits per heavy atom. The number of carbonyl (C=O) groups is 1. The first kappa shape index (κ1) is 19.5. The van der Waals surface area contributed by atoms with Crippen LogP contribution < -0.4 is 4.90 Å². The number of carbonyl (C=O) groups excluding carboxylic acids is 1. The summed E-state index contributed by atoms with van der Waals surface area (Å²) in [5.41, 5.74) is 0.208. The van der Waals surface area contributed by atoms with Crippen molar-refractivity contribution in [3.63, 3.8) is 0 Å². The van der Waals surface area contributed by atoms with Gasteiger partial charge in [0.1, 0.15) is 5.82 Å². The van der Waals surface area contributed by atoms with Gasteiger partial charge >= 0.3 is 6.18 Å². The number of rotatable bonds is 5. The van der Waals surface area contributed by atoms with Crippen LogP contribution in [0.3, 0.4) is 0 Å². The van der Waals surface area contributed by atoms with E-state index in [4.69, 9.17) is 0 Å². The van der Waals surface area contributed by atoms with Crippen molar-refractivity contribution in [1.82, 2.24) is 9.88 Å². The van der Waals surface area contributed by atoms with Gasteiger partial charge in [-0.05, 0) is 18.2 Å². The summed E-state index contributed by atoms with van der Waals surface area (Å²) >= 11 is 0. The van der Waals surface area contributed by atoms with Gasteiger partial charge in [-0.2, -0.15) is 13.2 Å². The fourth-order valence-electron chi connectivity index (χ4n) is 2.20. The van der Waals surface area contributed by atoms with Crippen molar-refractivity contribution in [2.75, 3.05) is 33.1 Å². The van der Waals surface area contributed by atoms with Gasteiger partial charge in [-0.25, -0.2) is 4.98 Å². The van der Waals surface area contributed by atoms with Gasteiger partial charge in [0, 0.05) is 51.6 Å². The Labute approximate surface area is 150 Å². The van der Waals surface area contributed by atoms with Crippen molar-refractivity contribution in [1.29, 1.82) is 0 Å². The summed E-state index contributed by atoms with van der Waals surface area (Å²) in [5, 5.41) is 0. The predicted octanol–water partition coefficient (Wildman–Crippen LogP) is 4.09. The Bertz CT molecular complexity index is 827. The minimum absolute atomic E-state index is 0.162. The maximum absolute atomic E-state index is 13.2. The van der Waals surface area contributed by atoms with E-state index >= 15 is 0 Å². The van der Waals surface area contributed by atoms with Gasteiger partial charge in [-0.15, -0.1) is 0 Å². The number of benzene rings is 1. The third-order valence-corrected chi connectivity index (χ3v) is 3.56. The van der Waals surface area contributed by atoms with E-state index in [1.807, 2.05) is 0 Å². The molecule has 1 heterocycles. The van der Waals surface area contributed by atoms with Crippen molar-refractivity contribution in [2.24, 2.45) is 0 Å². The van der Waals surface area contributed by atoms with Gasteiger partial charge in [0.05, 0.1) is 11.3 Å². The first-order valence-electron chi connectivity index (χ1n) is 7.84. The molecule has 0 aliphatic rings. The number of hydrogen-bond acceptors (Lipinski definition) is 4. The highest BCUT2D eigenvalue weighted by Gasteiger charge is 2.32. The molecule has 1 aromatic heterocycles. The number of nitrogens with zero attached hydrogens (tertiary/aromatic N) is 3. The number of alkyl halides is 3. The van der Waals surface area contributed by atoms with Crippen LogP contribution in [0.4, 0.5) is 19.0 Å². The number of ketones is 1. The SMILES string of the molecule is CN(C)/C=C/C(=O)c1cccc(-c2cc(C(F)(F)F)cc(N(C)C)n2)c1. The number of pyridine rings is 1. The van der Waals surface area contributed by atoms with Crippen LogP contribution in [0.25, 0.3) is 11.3 Å². The highest BCUT2D eigenvalue weighted by Crippen LogP contribution is 2.34. The minimum atomic E-state index is -4.48. The first-order chi connectivity index (χ1) is 12.1. The van der Waals surface area contributed by atoms with Crippen molar-refractivity contribution >= 4 is 11.6 Å². The summed E-state index contributed by atoms with van der Waals surface area (Å²) < 4.78 is 39.6. The lowest BCUT2D eigenvalue weighted by Crippen LogP contribution is -2.14. The van der Waals surface area contributed by atoms with E-state index in [0.717, 1.165) is 12.1 Å². The molecule has 0 unspecified atom stereocenters. The molecule has 0 fully saturated rings. The molecular formula is C19H20F3N3O. The molecule has 0 N–H and O–H groups in total. The molecule has 0 saturated carbocycles. The van der Waals surface area contributed by atoms with Crippen LogP contribution >= 0.6 is 0 Å². The Morgan fingerprint density at radius 3 is 2.35 bits per heavy atom. The lowest BCUT2D eigenvalue weighted by molar-refractivity contribution is -0.137. The Kier molecular flexibility index (Phi) is 5.69. The molecule has 0 aliphatic heterocycles. The average Bonchev–Trinajstić information content (AvgIpc) is 2.58. The quantitative estimate of drug-likeness (QED) is 0.592. The number of aromatic nitrogens is 1. The second-order valence-electron chi connectivity index (χ2n) is 6.22. The zero-order valence-electron chi connectivity index (χ0n) is 15.0. The zero-order valence-corrected chi connectivity index (χ0v) is 15.0. The molecule has 0 radical (unpaired) electrons. The van der Waals surface area contributed by atoms with E-state index in [1.54, 1.807) is 63.6 Å². The molecule has 2 rings (SSSR count). The van der Waals surface area contributed by atoms with Gasteiger partial charge in [-0.1, -0.05) is 18.2 Å². The maximum Gasteiger partial charge on any atom is 0.416 e. The Hall–Kier alpha value is -2.83. The van der Waals surface area contributed by atoms with Crippen LogP contribution in [0.5, 0.6) is 0 Å². The number of allylic oxidation sites excluding steroid dienone is 1. The standard InChI is InChI=1S/C19H20F3N3O/c1-24(2)9-8-17(26)14-7-5-6-13(10-14)16-11-15(19(20,21)22)12-18(23-16)25(3)4/h5-12H,1-4H3/b9-8+. The van der Waals surface area contributed by atoms with Gasteiger partial charge in [0.15, 0.2) is 5.78 Å². The number of hydrogen-bond donors (Lipinski definition) is 0. The largest absolute Gasteiger partial charge is 0.416 e. The Balaban J connectivity index is 2.50. The molecular weight excluding hydrogens is 343 g/mol. The van der Waals surface area contributed by atoms with Crippen LogP contribution in [-0.2, 0) is 6.18 Å². The van der Waals surface area contributed by atoms with E-state index in [0.29, 0.717) is 11.1 Å². The van der Waals surface area contributed by atoms with Crippen molar-refractivity contribution < 1.29 is 18.0 Å². The van der Waals surface area contributed by atoms with E-state index < -0.39 is 11.7 Å². The van der Waals surface area contributed by atoms with Gasteiger partial charge in [-0.3, -0.25) is 4.79 Å². The molecule has 26 heavy (non-hydrogen) atoms. The first-order valence-corrected chi connectivity index (χ1v) is 7.84. The number of halogens is 3. The molecule has 0 amide bonds. The van der Waals surface area contributed by atoms with Crippen LogP contribution in [0, 0.1) is 0 Å². The van der Waals surface area contributed by atoms with Gasteiger partial charge in [0.2, 0.25) is 0 Å². The smallest absolute Gasteiger partial charge is 0.383 e. The highest BCUT2D eigenvalue weighted by atomic mass is 19.4. The Morgan fingerprint density at radius 2 is 1.77 bits per heavy atom. The van der Waals surface area contributed by atoms with E-state index in [2.05, 4.69) is 4.98 Å². The lowest BCUT2D eigenvalue weighted by atomic mass is 10.0. The minimum Gasteiger partial charge on any atom is -0.383 e. The molecule has 1 aromatic carbocycles. The molecule has 0 spiro atoms. The molecule has 4 nitrogen and oxygen atoms in total.